The number of ether oxygens (including phenoxy) is 1. The Balaban J connectivity index is 1.68. The molecule has 0 aliphatic rings. The Morgan fingerprint density at radius 1 is 1.14 bits per heavy atom. The fourth-order valence-electron chi connectivity index (χ4n) is 2.81. The molecule has 0 bridgehead atoms. The molecule has 0 spiro atoms. The molecule has 1 aromatic carbocycles. The minimum Gasteiger partial charge on any atom is -0.497 e. The molecule has 158 valence electrons. The van der Waals surface area contributed by atoms with Crippen LogP contribution in [0.2, 0.25) is 0 Å². The Kier molecular flexibility index (Phi) is 10.1. The number of methoxy groups -OCH3 is 1. The van der Waals surface area contributed by atoms with Gasteiger partial charge in [0.25, 0.3) is 5.91 Å². The van der Waals surface area contributed by atoms with Gasteiger partial charge in [-0.3, -0.25) is 9.79 Å². The van der Waals surface area contributed by atoms with Crippen molar-refractivity contribution in [1.82, 2.24) is 16.0 Å². The maximum atomic E-state index is 11.9. The van der Waals surface area contributed by atoms with Crippen LogP contribution in [-0.2, 0) is 0 Å². The molecule has 0 saturated carbocycles. The molecule has 1 unspecified atom stereocenters. The molecular formula is C22H32N4O2S. The first-order chi connectivity index (χ1) is 14.1. The van der Waals surface area contributed by atoms with E-state index in [2.05, 4.69) is 46.9 Å². The first kappa shape index (κ1) is 22.7. The van der Waals surface area contributed by atoms with Gasteiger partial charge in [-0.15, -0.1) is 11.3 Å². The average molecular weight is 417 g/mol. The highest BCUT2D eigenvalue weighted by atomic mass is 32.1. The van der Waals surface area contributed by atoms with Gasteiger partial charge in [0, 0.05) is 26.2 Å². The third-order valence-corrected chi connectivity index (χ3v) is 5.40. The first-order valence-corrected chi connectivity index (χ1v) is 11.0. The van der Waals surface area contributed by atoms with Crippen molar-refractivity contribution >= 4 is 23.2 Å². The van der Waals surface area contributed by atoms with Crippen molar-refractivity contribution in [1.29, 1.82) is 0 Å². The lowest BCUT2D eigenvalue weighted by molar-refractivity contribution is 0.0957. The Morgan fingerprint density at radius 2 is 1.93 bits per heavy atom. The number of nitrogens with one attached hydrogen (secondary N) is 3. The number of aliphatic imine (C=N–C) groups is 1. The Hall–Kier alpha value is -2.54. The highest BCUT2D eigenvalue weighted by Crippen LogP contribution is 2.21. The van der Waals surface area contributed by atoms with Crippen molar-refractivity contribution in [2.45, 2.75) is 32.6 Å². The van der Waals surface area contributed by atoms with Gasteiger partial charge >= 0.3 is 0 Å². The second kappa shape index (κ2) is 12.8. The van der Waals surface area contributed by atoms with Crippen LogP contribution in [0.3, 0.4) is 0 Å². The molecule has 0 aliphatic carbocycles. The fourth-order valence-corrected chi connectivity index (χ4v) is 3.45. The number of thiophene rings is 1. The van der Waals surface area contributed by atoms with Crippen LogP contribution in [0.5, 0.6) is 5.75 Å². The summed E-state index contributed by atoms with van der Waals surface area (Å²) in [4.78, 5) is 17.2. The number of hydrogen-bond donors (Lipinski definition) is 3. The molecule has 0 radical (unpaired) electrons. The zero-order valence-electron chi connectivity index (χ0n) is 17.5. The standard InChI is InChI=1S/C22H32N4O2S/c1-4-23-22(25-14-6-13-24-21(27)20-7-5-16-29-20)26-15-12-17(2)18-8-10-19(28-3)11-9-18/h5,7-11,16-17H,4,6,12-15H2,1-3H3,(H,24,27)(H2,23,25,26). The SMILES string of the molecule is CCNC(=NCCCNC(=O)c1cccs1)NCCC(C)c1ccc(OC)cc1. The summed E-state index contributed by atoms with van der Waals surface area (Å²) in [5, 5.41) is 11.5. The quantitative estimate of drug-likeness (QED) is 0.297. The molecule has 0 saturated heterocycles. The Bertz CT molecular complexity index is 745. The summed E-state index contributed by atoms with van der Waals surface area (Å²) in [7, 11) is 1.68. The van der Waals surface area contributed by atoms with Crippen LogP contribution in [0.1, 0.15) is 47.8 Å². The van der Waals surface area contributed by atoms with E-state index in [0.717, 1.165) is 42.5 Å². The Morgan fingerprint density at radius 3 is 2.59 bits per heavy atom. The molecule has 2 aromatic rings. The van der Waals surface area contributed by atoms with E-state index in [0.29, 0.717) is 19.0 Å². The lowest BCUT2D eigenvalue weighted by Crippen LogP contribution is -2.38. The van der Waals surface area contributed by atoms with Gasteiger partial charge in [-0.2, -0.15) is 0 Å². The largest absolute Gasteiger partial charge is 0.497 e. The third-order valence-electron chi connectivity index (χ3n) is 4.53. The number of carbonyl (C=O) groups is 1. The van der Waals surface area contributed by atoms with Crippen LogP contribution in [0.4, 0.5) is 0 Å². The predicted molar refractivity (Wildman–Crippen MR) is 121 cm³/mol. The van der Waals surface area contributed by atoms with E-state index < -0.39 is 0 Å². The van der Waals surface area contributed by atoms with E-state index in [4.69, 9.17) is 4.74 Å². The van der Waals surface area contributed by atoms with Crippen molar-refractivity contribution in [2.24, 2.45) is 4.99 Å². The van der Waals surface area contributed by atoms with E-state index in [1.807, 2.05) is 29.6 Å². The van der Waals surface area contributed by atoms with E-state index in [9.17, 15) is 4.79 Å². The van der Waals surface area contributed by atoms with Gasteiger partial charge in [-0.1, -0.05) is 25.1 Å². The third kappa shape index (κ3) is 8.15. The van der Waals surface area contributed by atoms with Crippen molar-refractivity contribution in [3.63, 3.8) is 0 Å². The average Bonchev–Trinajstić information content (AvgIpc) is 3.28. The van der Waals surface area contributed by atoms with Crippen molar-refractivity contribution in [2.75, 3.05) is 33.3 Å². The molecule has 6 nitrogen and oxygen atoms in total. The molecule has 3 N–H and O–H groups in total. The van der Waals surface area contributed by atoms with Gasteiger partial charge in [0.15, 0.2) is 5.96 Å². The number of benzene rings is 1. The molecule has 1 aromatic heterocycles. The second-order valence-corrected chi connectivity index (χ2v) is 7.68. The van der Waals surface area contributed by atoms with Crippen LogP contribution in [0.25, 0.3) is 0 Å². The first-order valence-electron chi connectivity index (χ1n) is 10.1. The van der Waals surface area contributed by atoms with Crippen LogP contribution in [0, 0.1) is 0 Å². The molecule has 29 heavy (non-hydrogen) atoms. The summed E-state index contributed by atoms with van der Waals surface area (Å²) >= 11 is 1.45. The maximum absolute atomic E-state index is 11.9. The molecule has 1 atom stereocenters. The minimum atomic E-state index is -0.0125. The lowest BCUT2D eigenvalue weighted by Gasteiger charge is -2.15. The van der Waals surface area contributed by atoms with E-state index in [1.165, 1.54) is 16.9 Å². The van der Waals surface area contributed by atoms with Crippen molar-refractivity contribution < 1.29 is 9.53 Å². The summed E-state index contributed by atoms with van der Waals surface area (Å²) in [5.74, 6) is 2.14. The van der Waals surface area contributed by atoms with E-state index >= 15 is 0 Å². The van der Waals surface area contributed by atoms with Crippen molar-refractivity contribution in [3.8, 4) is 5.75 Å². The highest BCUT2D eigenvalue weighted by Gasteiger charge is 2.07. The van der Waals surface area contributed by atoms with Crippen molar-refractivity contribution in [3.05, 3.63) is 52.2 Å². The van der Waals surface area contributed by atoms with Crippen LogP contribution >= 0.6 is 11.3 Å². The van der Waals surface area contributed by atoms with E-state index in [1.54, 1.807) is 7.11 Å². The topological polar surface area (TPSA) is 74.8 Å². The molecule has 1 heterocycles. The van der Waals surface area contributed by atoms with Crippen LogP contribution < -0.4 is 20.7 Å². The number of amides is 1. The number of carbonyl (C=O) groups excluding carboxylic acids is 1. The minimum absolute atomic E-state index is 0.0125. The second-order valence-electron chi connectivity index (χ2n) is 6.74. The van der Waals surface area contributed by atoms with E-state index in [-0.39, 0.29) is 5.91 Å². The molecule has 7 heteroatoms. The fraction of sp³-hybridized carbons (Fsp3) is 0.455. The zero-order valence-corrected chi connectivity index (χ0v) is 18.3. The lowest BCUT2D eigenvalue weighted by atomic mass is 9.98. The van der Waals surface area contributed by atoms with Crippen LogP contribution in [-0.4, -0.2) is 45.2 Å². The van der Waals surface area contributed by atoms with Gasteiger partial charge in [0.05, 0.1) is 12.0 Å². The van der Waals surface area contributed by atoms with Gasteiger partial charge in [0.2, 0.25) is 0 Å². The molecule has 0 aliphatic heterocycles. The molecule has 1 amide bonds. The summed E-state index contributed by atoms with van der Waals surface area (Å²) in [6, 6.07) is 12.0. The zero-order chi connectivity index (χ0) is 20.9. The smallest absolute Gasteiger partial charge is 0.261 e. The van der Waals surface area contributed by atoms with Gasteiger partial charge < -0.3 is 20.7 Å². The predicted octanol–water partition coefficient (Wildman–Crippen LogP) is 3.63. The maximum Gasteiger partial charge on any atom is 0.261 e. The number of guanidine groups is 1. The Labute approximate surface area is 177 Å². The highest BCUT2D eigenvalue weighted by molar-refractivity contribution is 7.12. The normalized spacial score (nSPS) is 12.3. The van der Waals surface area contributed by atoms with Gasteiger partial charge in [0.1, 0.15) is 5.75 Å². The number of hydrogen-bond acceptors (Lipinski definition) is 4. The monoisotopic (exact) mass is 416 g/mol. The van der Waals surface area contributed by atoms with Gasteiger partial charge in [-0.05, 0) is 54.8 Å². The van der Waals surface area contributed by atoms with Gasteiger partial charge in [-0.25, -0.2) is 0 Å². The number of nitrogens with zero attached hydrogens (tertiary/aromatic N) is 1. The molecule has 2 rings (SSSR count). The molecular weight excluding hydrogens is 384 g/mol. The van der Waals surface area contributed by atoms with Crippen LogP contribution in [0.15, 0.2) is 46.8 Å². The number of rotatable bonds is 11. The molecule has 0 fully saturated rings. The summed E-state index contributed by atoms with van der Waals surface area (Å²) in [6.45, 7) is 7.22. The summed E-state index contributed by atoms with van der Waals surface area (Å²) in [6.07, 6.45) is 1.81. The summed E-state index contributed by atoms with van der Waals surface area (Å²) in [5.41, 5.74) is 1.30. The summed E-state index contributed by atoms with van der Waals surface area (Å²) < 4.78 is 5.22.